The zero-order chi connectivity index (χ0) is 19.1. The normalized spacial score (nSPS) is 32.9. The molecule has 0 amide bonds. The maximum absolute atomic E-state index is 9.85. The Morgan fingerprint density at radius 2 is 1.89 bits per heavy atom. The number of aryl methyl sites for hydroxylation is 1. The standard InChI is InChI=1S/C25H28N2O/c1-25-14-13-21-20-10-8-19(28)15-18(20)7-9-22(21)23(25)11-12-24(25)27-26-16-17-5-3-2-4-6-17/h2-6,8,10,15-16,21-23,28H,7,9,11-14H2,1H3/b26-16+,27-24+. The fourth-order valence-electron chi connectivity index (χ4n) is 6.23. The van der Waals surface area contributed by atoms with E-state index in [1.165, 1.54) is 42.5 Å². The van der Waals surface area contributed by atoms with E-state index >= 15 is 0 Å². The van der Waals surface area contributed by atoms with Crippen molar-refractivity contribution in [2.45, 2.75) is 51.4 Å². The molecule has 2 saturated carbocycles. The van der Waals surface area contributed by atoms with Crippen molar-refractivity contribution in [2.75, 3.05) is 0 Å². The van der Waals surface area contributed by atoms with E-state index in [1.807, 2.05) is 36.5 Å². The number of phenolic OH excluding ortho intramolecular Hbond substituents is 1. The second kappa shape index (κ2) is 6.88. The molecule has 0 aromatic heterocycles. The van der Waals surface area contributed by atoms with Gasteiger partial charge in [-0.05, 0) is 85.1 Å². The van der Waals surface area contributed by atoms with Gasteiger partial charge < -0.3 is 5.11 Å². The lowest BCUT2D eigenvalue weighted by atomic mass is 9.55. The molecule has 3 aliphatic carbocycles. The topological polar surface area (TPSA) is 45.0 Å². The second-order valence-corrected chi connectivity index (χ2v) is 9.00. The van der Waals surface area contributed by atoms with Crippen LogP contribution < -0.4 is 0 Å². The van der Waals surface area contributed by atoms with E-state index in [1.54, 1.807) is 0 Å². The summed E-state index contributed by atoms with van der Waals surface area (Å²) in [4.78, 5) is 0. The molecule has 2 fully saturated rings. The van der Waals surface area contributed by atoms with Crippen LogP contribution in [0.15, 0.2) is 58.7 Å². The van der Waals surface area contributed by atoms with Gasteiger partial charge in [-0.1, -0.05) is 43.3 Å². The molecule has 4 atom stereocenters. The third kappa shape index (κ3) is 2.88. The Balaban J connectivity index is 1.39. The molecule has 3 heteroatoms. The minimum absolute atomic E-state index is 0.198. The molecule has 2 aromatic carbocycles. The third-order valence-electron chi connectivity index (χ3n) is 7.64. The highest BCUT2D eigenvalue weighted by Crippen LogP contribution is 2.60. The largest absolute Gasteiger partial charge is 0.508 e. The third-order valence-corrected chi connectivity index (χ3v) is 7.64. The van der Waals surface area contributed by atoms with Crippen molar-refractivity contribution in [3.8, 4) is 5.75 Å². The SMILES string of the molecule is CC12CCC3c4ccc(O)cc4CCC3C1CC/C2=N\N=C\c1ccccc1. The summed E-state index contributed by atoms with van der Waals surface area (Å²) in [5, 5.41) is 19.0. The van der Waals surface area contributed by atoms with Crippen molar-refractivity contribution < 1.29 is 5.11 Å². The summed E-state index contributed by atoms with van der Waals surface area (Å²) in [5.41, 5.74) is 5.46. The van der Waals surface area contributed by atoms with Crippen LogP contribution in [-0.4, -0.2) is 17.0 Å². The van der Waals surface area contributed by atoms with Gasteiger partial charge in [0.15, 0.2) is 0 Å². The molecular formula is C25H28N2O. The summed E-state index contributed by atoms with van der Waals surface area (Å²) in [6, 6.07) is 16.2. The summed E-state index contributed by atoms with van der Waals surface area (Å²) >= 11 is 0. The van der Waals surface area contributed by atoms with Gasteiger partial charge in [-0.25, -0.2) is 0 Å². The van der Waals surface area contributed by atoms with E-state index in [-0.39, 0.29) is 5.41 Å². The van der Waals surface area contributed by atoms with E-state index in [4.69, 9.17) is 5.10 Å². The number of rotatable bonds is 2. The summed E-state index contributed by atoms with van der Waals surface area (Å²) in [7, 11) is 0. The summed E-state index contributed by atoms with van der Waals surface area (Å²) < 4.78 is 0. The van der Waals surface area contributed by atoms with Gasteiger partial charge in [-0.15, -0.1) is 0 Å². The first-order chi connectivity index (χ1) is 13.6. The Morgan fingerprint density at radius 3 is 2.75 bits per heavy atom. The Morgan fingerprint density at radius 1 is 1.04 bits per heavy atom. The van der Waals surface area contributed by atoms with Crippen molar-refractivity contribution in [2.24, 2.45) is 27.5 Å². The molecule has 5 rings (SSSR count). The van der Waals surface area contributed by atoms with E-state index in [9.17, 15) is 5.11 Å². The zero-order valence-corrected chi connectivity index (χ0v) is 16.5. The van der Waals surface area contributed by atoms with Crippen LogP contribution in [0.5, 0.6) is 5.75 Å². The zero-order valence-electron chi connectivity index (χ0n) is 16.5. The monoisotopic (exact) mass is 372 g/mol. The second-order valence-electron chi connectivity index (χ2n) is 9.00. The minimum Gasteiger partial charge on any atom is -0.508 e. The molecule has 28 heavy (non-hydrogen) atoms. The van der Waals surface area contributed by atoms with Crippen LogP contribution >= 0.6 is 0 Å². The molecule has 0 bridgehead atoms. The van der Waals surface area contributed by atoms with E-state index in [0.29, 0.717) is 17.6 Å². The van der Waals surface area contributed by atoms with Crippen LogP contribution in [0, 0.1) is 17.3 Å². The molecule has 0 radical (unpaired) electrons. The molecule has 0 spiro atoms. The maximum Gasteiger partial charge on any atom is 0.115 e. The highest BCUT2D eigenvalue weighted by molar-refractivity contribution is 5.93. The van der Waals surface area contributed by atoms with E-state index < -0.39 is 0 Å². The van der Waals surface area contributed by atoms with Crippen molar-refractivity contribution in [1.29, 1.82) is 0 Å². The van der Waals surface area contributed by atoms with Crippen LogP contribution in [0.3, 0.4) is 0 Å². The molecule has 3 nitrogen and oxygen atoms in total. The van der Waals surface area contributed by atoms with Crippen molar-refractivity contribution in [1.82, 2.24) is 0 Å². The van der Waals surface area contributed by atoms with Crippen molar-refractivity contribution >= 4 is 11.9 Å². The number of hydrogen-bond acceptors (Lipinski definition) is 3. The summed E-state index contributed by atoms with van der Waals surface area (Å²) in [6.45, 7) is 2.43. The lowest BCUT2D eigenvalue weighted by Gasteiger charge is -2.49. The van der Waals surface area contributed by atoms with Crippen LogP contribution in [0.1, 0.15) is 61.6 Å². The lowest BCUT2D eigenvalue weighted by molar-refractivity contribution is 0.0955. The Bertz CT molecular complexity index is 933. The van der Waals surface area contributed by atoms with Crippen LogP contribution in [0.25, 0.3) is 0 Å². The molecule has 1 N–H and O–H groups in total. The predicted octanol–water partition coefficient (Wildman–Crippen LogP) is 5.72. The molecule has 144 valence electrons. The molecule has 4 unspecified atom stereocenters. The smallest absolute Gasteiger partial charge is 0.115 e. The summed E-state index contributed by atoms with van der Waals surface area (Å²) in [5.74, 6) is 2.50. The van der Waals surface area contributed by atoms with Gasteiger partial charge in [0.2, 0.25) is 0 Å². The summed E-state index contributed by atoms with van der Waals surface area (Å²) in [6.07, 6.45) is 8.94. The Hall–Kier alpha value is -2.42. The van der Waals surface area contributed by atoms with E-state index in [0.717, 1.165) is 24.3 Å². The molecule has 0 heterocycles. The number of hydrogen-bond donors (Lipinski definition) is 1. The van der Waals surface area contributed by atoms with Gasteiger partial charge in [0.25, 0.3) is 0 Å². The van der Waals surface area contributed by atoms with Gasteiger partial charge in [-0.3, -0.25) is 0 Å². The Kier molecular flexibility index (Phi) is 4.34. The molecular weight excluding hydrogens is 344 g/mol. The maximum atomic E-state index is 9.85. The quantitative estimate of drug-likeness (QED) is 0.531. The van der Waals surface area contributed by atoms with Crippen LogP contribution in [0.4, 0.5) is 0 Å². The van der Waals surface area contributed by atoms with Gasteiger partial charge in [0.05, 0.1) is 6.21 Å². The number of benzene rings is 2. The molecule has 0 saturated heterocycles. The highest BCUT2D eigenvalue weighted by atomic mass is 16.3. The predicted molar refractivity (Wildman–Crippen MR) is 114 cm³/mol. The van der Waals surface area contributed by atoms with Crippen molar-refractivity contribution in [3.05, 3.63) is 65.2 Å². The number of aromatic hydroxyl groups is 1. The first-order valence-electron chi connectivity index (χ1n) is 10.6. The highest BCUT2D eigenvalue weighted by Gasteiger charge is 2.53. The minimum atomic E-state index is 0.198. The average molecular weight is 373 g/mol. The first-order valence-corrected chi connectivity index (χ1v) is 10.6. The molecule has 3 aliphatic rings. The first kappa shape index (κ1) is 17.7. The van der Waals surface area contributed by atoms with E-state index in [2.05, 4.69) is 30.2 Å². The number of phenols is 1. The van der Waals surface area contributed by atoms with Gasteiger partial charge in [0.1, 0.15) is 5.75 Å². The number of nitrogens with zero attached hydrogens (tertiary/aromatic N) is 2. The lowest BCUT2D eigenvalue weighted by Crippen LogP contribution is -2.42. The number of fused-ring (bicyclic) bond motifs is 5. The average Bonchev–Trinajstić information content (AvgIpc) is 3.05. The van der Waals surface area contributed by atoms with Crippen molar-refractivity contribution in [3.63, 3.8) is 0 Å². The Labute approximate surface area is 167 Å². The fourth-order valence-corrected chi connectivity index (χ4v) is 6.23. The van der Waals surface area contributed by atoms with Crippen LogP contribution in [0.2, 0.25) is 0 Å². The van der Waals surface area contributed by atoms with Gasteiger partial charge in [0, 0.05) is 11.1 Å². The molecule has 2 aromatic rings. The molecule has 0 aliphatic heterocycles. The van der Waals surface area contributed by atoms with Gasteiger partial charge >= 0.3 is 0 Å². The fraction of sp³-hybridized carbons (Fsp3) is 0.440. The van der Waals surface area contributed by atoms with Crippen LogP contribution in [-0.2, 0) is 6.42 Å². The van der Waals surface area contributed by atoms with Gasteiger partial charge in [-0.2, -0.15) is 10.2 Å².